The fourth-order valence-electron chi connectivity index (χ4n) is 3.55. The predicted molar refractivity (Wildman–Crippen MR) is 40.4 cm³/mol. The van der Waals surface area contributed by atoms with Gasteiger partial charge >= 0.3 is 0 Å². The Bertz CT molecular complexity index is 160. The van der Waals surface area contributed by atoms with E-state index in [9.17, 15) is 0 Å². The standard InChI is InChI=1S/C9H15N/c10-8-2-1-5-3-6-4-7(8)9(5)6/h5-9H,1-4,10H2/t5-,6?,7-,8?,9?/m0/s1. The monoisotopic (exact) mass is 137 g/mol. The second-order valence-electron chi connectivity index (χ2n) is 4.47. The number of nitrogens with two attached hydrogens (primary N) is 1. The molecule has 0 heterocycles. The molecule has 0 aromatic heterocycles. The van der Waals surface area contributed by atoms with Gasteiger partial charge in [-0.15, -0.1) is 0 Å². The van der Waals surface area contributed by atoms with Gasteiger partial charge in [0.25, 0.3) is 0 Å². The van der Waals surface area contributed by atoms with Gasteiger partial charge in [-0.3, -0.25) is 0 Å². The first kappa shape index (κ1) is 5.59. The first-order chi connectivity index (χ1) is 4.86. The fraction of sp³-hybridized carbons (Fsp3) is 1.00. The van der Waals surface area contributed by atoms with E-state index >= 15 is 0 Å². The molecule has 2 N–H and O–H groups in total. The van der Waals surface area contributed by atoms with E-state index in [1.165, 1.54) is 19.3 Å². The van der Waals surface area contributed by atoms with Crippen LogP contribution in [0.15, 0.2) is 0 Å². The third kappa shape index (κ3) is 0.460. The molecule has 3 saturated carbocycles. The second kappa shape index (κ2) is 1.58. The van der Waals surface area contributed by atoms with Gasteiger partial charge in [0.1, 0.15) is 0 Å². The van der Waals surface area contributed by atoms with E-state index in [1.54, 1.807) is 6.42 Å². The summed E-state index contributed by atoms with van der Waals surface area (Å²) in [5, 5.41) is 0. The van der Waals surface area contributed by atoms with Crippen LogP contribution in [-0.4, -0.2) is 6.04 Å². The summed E-state index contributed by atoms with van der Waals surface area (Å²) in [5.74, 6) is 4.30. The Morgan fingerprint density at radius 2 is 1.90 bits per heavy atom. The lowest BCUT2D eigenvalue weighted by molar-refractivity contribution is -0.128. The van der Waals surface area contributed by atoms with Crippen LogP contribution < -0.4 is 5.73 Å². The molecule has 0 amide bonds. The van der Waals surface area contributed by atoms with Crippen molar-refractivity contribution in [3.05, 3.63) is 0 Å². The molecule has 0 spiro atoms. The second-order valence-corrected chi connectivity index (χ2v) is 4.47. The lowest BCUT2D eigenvalue weighted by Gasteiger charge is -2.63. The van der Waals surface area contributed by atoms with Crippen molar-refractivity contribution in [3.8, 4) is 0 Å². The van der Waals surface area contributed by atoms with Crippen molar-refractivity contribution in [3.63, 3.8) is 0 Å². The zero-order chi connectivity index (χ0) is 6.72. The van der Waals surface area contributed by atoms with Gasteiger partial charge in [0, 0.05) is 6.04 Å². The lowest BCUT2D eigenvalue weighted by Crippen LogP contribution is -2.60. The molecule has 3 aliphatic carbocycles. The lowest BCUT2D eigenvalue weighted by atomic mass is 9.43. The molecule has 5 atom stereocenters. The van der Waals surface area contributed by atoms with Crippen LogP contribution in [0, 0.1) is 23.7 Å². The SMILES string of the molecule is NC1CC[C@H]2CC3C[C@@H]1C32. The van der Waals surface area contributed by atoms with Crippen LogP contribution in [0.5, 0.6) is 0 Å². The van der Waals surface area contributed by atoms with Crippen molar-refractivity contribution in [1.29, 1.82) is 0 Å². The summed E-state index contributed by atoms with van der Waals surface area (Å²) in [5.41, 5.74) is 6.00. The zero-order valence-corrected chi connectivity index (χ0v) is 6.29. The highest BCUT2D eigenvalue weighted by molar-refractivity contribution is 5.08. The number of hydrogen-bond donors (Lipinski definition) is 1. The van der Waals surface area contributed by atoms with Gasteiger partial charge in [-0.05, 0) is 49.4 Å². The van der Waals surface area contributed by atoms with Gasteiger partial charge in [0.05, 0.1) is 0 Å². The first-order valence-electron chi connectivity index (χ1n) is 4.62. The summed E-state index contributed by atoms with van der Waals surface area (Å²) >= 11 is 0. The summed E-state index contributed by atoms with van der Waals surface area (Å²) in [6.45, 7) is 0. The molecular formula is C9H15N. The van der Waals surface area contributed by atoms with Crippen LogP contribution in [0.4, 0.5) is 0 Å². The number of rotatable bonds is 0. The molecule has 3 rings (SSSR count). The van der Waals surface area contributed by atoms with Crippen molar-refractivity contribution in [2.75, 3.05) is 0 Å². The Kier molecular flexibility index (Phi) is 0.883. The minimum Gasteiger partial charge on any atom is -0.327 e. The van der Waals surface area contributed by atoms with Crippen molar-refractivity contribution >= 4 is 0 Å². The Morgan fingerprint density at radius 3 is 2.60 bits per heavy atom. The van der Waals surface area contributed by atoms with Crippen LogP contribution >= 0.6 is 0 Å². The summed E-state index contributed by atoms with van der Waals surface area (Å²) in [7, 11) is 0. The van der Waals surface area contributed by atoms with Crippen molar-refractivity contribution in [2.45, 2.75) is 31.7 Å². The highest BCUT2D eigenvalue weighted by Gasteiger charge is 2.57. The Morgan fingerprint density at radius 1 is 1.00 bits per heavy atom. The van der Waals surface area contributed by atoms with E-state index in [4.69, 9.17) is 5.73 Å². The maximum Gasteiger partial charge on any atom is 0.00702 e. The molecule has 3 fully saturated rings. The highest BCUT2D eigenvalue weighted by Crippen LogP contribution is 2.62. The summed E-state index contributed by atoms with van der Waals surface area (Å²) in [6, 6.07) is 0.581. The van der Waals surface area contributed by atoms with Gasteiger partial charge < -0.3 is 5.73 Å². The molecule has 1 heteroatoms. The van der Waals surface area contributed by atoms with E-state index in [0.29, 0.717) is 6.04 Å². The molecule has 0 bridgehead atoms. The smallest absolute Gasteiger partial charge is 0.00702 e. The molecule has 0 aromatic carbocycles. The first-order valence-corrected chi connectivity index (χ1v) is 4.62. The average Bonchev–Trinajstić information content (AvgIpc) is 1.85. The molecule has 0 radical (unpaired) electrons. The Labute approximate surface area is 62.0 Å². The van der Waals surface area contributed by atoms with E-state index in [2.05, 4.69) is 0 Å². The van der Waals surface area contributed by atoms with Gasteiger partial charge in [0.2, 0.25) is 0 Å². The van der Waals surface area contributed by atoms with Crippen molar-refractivity contribution in [1.82, 2.24) is 0 Å². The molecule has 10 heavy (non-hydrogen) atoms. The Hall–Kier alpha value is -0.0400. The van der Waals surface area contributed by atoms with Crippen molar-refractivity contribution < 1.29 is 0 Å². The largest absolute Gasteiger partial charge is 0.327 e. The third-order valence-electron chi connectivity index (χ3n) is 4.18. The predicted octanol–water partition coefficient (Wildman–Crippen LogP) is 1.38. The van der Waals surface area contributed by atoms with E-state index < -0.39 is 0 Å². The topological polar surface area (TPSA) is 26.0 Å². The molecule has 0 saturated heterocycles. The molecule has 1 nitrogen and oxygen atoms in total. The van der Waals surface area contributed by atoms with Crippen LogP contribution in [0.2, 0.25) is 0 Å². The average molecular weight is 137 g/mol. The molecule has 3 unspecified atom stereocenters. The molecule has 0 aromatic rings. The molecule has 56 valence electrons. The highest BCUT2D eigenvalue weighted by atomic mass is 14.7. The van der Waals surface area contributed by atoms with Crippen LogP contribution in [-0.2, 0) is 0 Å². The van der Waals surface area contributed by atoms with E-state index in [-0.39, 0.29) is 0 Å². The minimum absolute atomic E-state index is 0.581. The van der Waals surface area contributed by atoms with E-state index in [1.807, 2.05) is 0 Å². The fourth-order valence-corrected chi connectivity index (χ4v) is 3.55. The van der Waals surface area contributed by atoms with Crippen LogP contribution in [0.1, 0.15) is 25.7 Å². The zero-order valence-electron chi connectivity index (χ0n) is 6.29. The van der Waals surface area contributed by atoms with Crippen LogP contribution in [0.25, 0.3) is 0 Å². The van der Waals surface area contributed by atoms with Gasteiger partial charge in [-0.25, -0.2) is 0 Å². The van der Waals surface area contributed by atoms with Gasteiger partial charge in [-0.1, -0.05) is 0 Å². The number of hydrogen-bond acceptors (Lipinski definition) is 1. The molecule has 3 aliphatic rings. The summed E-state index contributed by atoms with van der Waals surface area (Å²) in [6.07, 6.45) is 5.79. The normalized spacial score (nSPS) is 63.9. The maximum absolute atomic E-state index is 6.00. The van der Waals surface area contributed by atoms with Crippen molar-refractivity contribution in [2.24, 2.45) is 29.4 Å². The van der Waals surface area contributed by atoms with Gasteiger partial charge in [-0.2, -0.15) is 0 Å². The third-order valence-corrected chi connectivity index (χ3v) is 4.18. The quantitative estimate of drug-likeness (QED) is 0.536. The minimum atomic E-state index is 0.581. The van der Waals surface area contributed by atoms with E-state index in [0.717, 1.165) is 23.7 Å². The van der Waals surface area contributed by atoms with Gasteiger partial charge in [0.15, 0.2) is 0 Å². The summed E-state index contributed by atoms with van der Waals surface area (Å²) < 4.78 is 0. The maximum atomic E-state index is 6.00. The summed E-state index contributed by atoms with van der Waals surface area (Å²) in [4.78, 5) is 0. The molecular weight excluding hydrogens is 122 g/mol. The Balaban J connectivity index is 1.83. The molecule has 0 aliphatic heterocycles. The van der Waals surface area contributed by atoms with Crippen LogP contribution in [0.3, 0.4) is 0 Å².